The van der Waals surface area contributed by atoms with Crippen molar-refractivity contribution in [3.8, 4) is 0 Å². The molecule has 0 amide bonds. The molecule has 0 aliphatic heterocycles. The van der Waals surface area contributed by atoms with E-state index in [2.05, 4.69) is 78.3 Å². The summed E-state index contributed by atoms with van der Waals surface area (Å²) in [5.74, 6) is 0.407. The van der Waals surface area contributed by atoms with Crippen LogP contribution in [0, 0.1) is 6.92 Å². The molecule has 0 saturated carbocycles. The highest BCUT2D eigenvalue weighted by Crippen LogP contribution is 2.41. The van der Waals surface area contributed by atoms with Gasteiger partial charge in [-0.25, -0.2) is 0 Å². The van der Waals surface area contributed by atoms with E-state index in [1.54, 1.807) is 0 Å². The Morgan fingerprint density at radius 3 is 2.67 bits per heavy atom. The predicted molar refractivity (Wildman–Crippen MR) is 94.8 cm³/mol. The molecule has 1 unspecified atom stereocenters. The van der Waals surface area contributed by atoms with Crippen LogP contribution in [0.2, 0.25) is 0 Å². The van der Waals surface area contributed by atoms with Crippen molar-refractivity contribution < 1.29 is 0 Å². The number of hydrogen-bond donors (Lipinski definition) is 0. The van der Waals surface area contributed by atoms with Crippen LogP contribution in [-0.2, 0) is 6.42 Å². The summed E-state index contributed by atoms with van der Waals surface area (Å²) in [6, 6.07) is 13.4. The number of allylic oxidation sites excluding steroid dienone is 1. The molecule has 2 aromatic rings. The first-order chi connectivity index (χ1) is 10.2. The molecule has 0 spiro atoms. The van der Waals surface area contributed by atoms with Crippen molar-refractivity contribution in [3.63, 3.8) is 0 Å². The van der Waals surface area contributed by atoms with E-state index in [0.717, 1.165) is 0 Å². The molecule has 0 fully saturated rings. The molecule has 3 rings (SSSR count). The van der Waals surface area contributed by atoms with Gasteiger partial charge in [0, 0.05) is 10.4 Å². The largest absolute Gasteiger partial charge is 0.0720 e. The summed E-state index contributed by atoms with van der Waals surface area (Å²) in [6.45, 7) is 4.41. The van der Waals surface area contributed by atoms with Crippen LogP contribution < -0.4 is 0 Å². The maximum absolute atomic E-state index is 3.74. The monoisotopic (exact) mass is 340 g/mol. The number of fused-ring (bicyclic) bond motifs is 1. The van der Waals surface area contributed by atoms with Gasteiger partial charge in [-0.05, 0) is 63.5 Å². The molecule has 1 atom stereocenters. The Kier molecular flexibility index (Phi) is 4.30. The minimum atomic E-state index is 0.407. The average Bonchev–Trinajstić information content (AvgIpc) is 2.93. The molecule has 21 heavy (non-hydrogen) atoms. The van der Waals surface area contributed by atoms with Gasteiger partial charge in [0.05, 0.1) is 0 Å². The van der Waals surface area contributed by atoms with Crippen molar-refractivity contribution in [1.82, 2.24) is 0 Å². The van der Waals surface area contributed by atoms with Crippen LogP contribution in [0.15, 0.2) is 46.9 Å². The summed E-state index contributed by atoms with van der Waals surface area (Å²) in [6.07, 6.45) is 8.31. The van der Waals surface area contributed by atoms with Gasteiger partial charge < -0.3 is 0 Å². The molecule has 0 nitrogen and oxygen atoms in total. The second-order valence-electron chi connectivity index (χ2n) is 5.84. The van der Waals surface area contributed by atoms with Crippen molar-refractivity contribution in [3.05, 3.63) is 74.8 Å². The predicted octanol–water partition coefficient (Wildman–Crippen LogP) is 6.26. The molecule has 1 heteroatoms. The summed E-state index contributed by atoms with van der Waals surface area (Å²) in [7, 11) is 0. The van der Waals surface area contributed by atoms with Gasteiger partial charge in [0.25, 0.3) is 0 Å². The van der Waals surface area contributed by atoms with Gasteiger partial charge in [0.2, 0.25) is 0 Å². The van der Waals surface area contributed by atoms with Gasteiger partial charge in [-0.2, -0.15) is 0 Å². The SMILES string of the molecule is CCCCc1ccccc1C1C=Cc2c1ccc(C)c2Br. The summed E-state index contributed by atoms with van der Waals surface area (Å²) >= 11 is 3.74. The third kappa shape index (κ3) is 2.72. The van der Waals surface area contributed by atoms with Gasteiger partial charge in [0.15, 0.2) is 0 Å². The second-order valence-corrected chi connectivity index (χ2v) is 6.63. The van der Waals surface area contributed by atoms with E-state index in [1.165, 1.54) is 51.6 Å². The van der Waals surface area contributed by atoms with Crippen LogP contribution in [0.1, 0.15) is 53.5 Å². The standard InChI is InChI=1S/C20H21Br/c1-3-4-7-15-8-5-6-9-16(15)17-12-13-19-18(17)11-10-14(2)20(19)21/h5-6,8-13,17H,3-4,7H2,1-2H3. The Balaban J connectivity index is 2.02. The molecule has 108 valence electrons. The molecular weight excluding hydrogens is 320 g/mol. The fourth-order valence-corrected chi connectivity index (χ4v) is 3.65. The summed E-state index contributed by atoms with van der Waals surface area (Å²) in [5.41, 5.74) is 7.05. The van der Waals surface area contributed by atoms with Crippen molar-refractivity contribution >= 4 is 22.0 Å². The lowest BCUT2D eigenvalue weighted by Crippen LogP contribution is -2.01. The molecule has 0 heterocycles. The Hall–Kier alpha value is -1.34. The van der Waals surface area contributed by atoms with E-state index in [4.69, 9.17) is 0 Å². The third-order valence-corrected chi connectivity index (χ3v) is 5.44. The number of aryl methyl sites for hydroxylation is 2. The molecule has 0 radical (unpaired) electrons. The molecule has 0 saturated heterocycles. The number of benzene rings is 2. The highest BCUT2D eigenvalue weighted by molar-refractivity contribution is 9.10. The quantitative estimate of drug-likeness (QED) is 0.616. The lowest BCUT2D eigenvalue weighted by molar-refractivity contribution is 0.784. The fourth-order valence-electron chi connectivity index (χ4n) is 3.16. The van der Waals surface area contributed by atoms with Crippen LogP contribution >= 0.6 is 15.9 Å². The number of hydrogen-bond acceptors (Lipinski definition) is 0. The summed E-state index contributed by atoms with van der Waals surface area (Å²) in [4.78, 5) is 0. The van der Waals surface area contributed by atoms with Crippen LogP contribution in [0.25, 0.3) is 6.08 Å². The van der Waals surface area contributed by atoms with Crippen molar-refractivity contribution in [2.75, 3.05) is 0 Å². The molecule has 0 N–H and O–H groups in total. The van der Waals surface area contributed by atoms with E-state index < -0.39 is 0 Å². The van der Waals surface area contributed by atoms with Crippen molar-refractivity contribution in [2.24, 2.45) is 0 Å². The Morgan fingerprint density at radius 2 is 1.86 bits per heavy atom. The van der Waals surface area contributed by atoms with Crippen LogP contribution in [0.5, 0.6) is 0 Å². The molecule has 0 aromatic heterocycles. The molecule has 0 bridgehead atoms. The number of rotatable bonds is 4. The molecular formula is C20H21Br. The average molecular weight is 341 g/mol. The van der Waals surface area contributed by atoms with Crippen LogP contribution in [0.3, 0.4) is 0 Å². The van der Waals surface area contributed by atoms with Gasteiger partial charge in [-0.3, -0.25) is 0 Å². The summed E-state index contributed by atoms with van der Waals surface area (Å²) in [5, 5.41) is 0. The Labute approximate surface area is 136 Å². The molecule has 1 aliphatic rings. The lowest BCUT2D eigenvalue weighted by atomic mass is 9.88. The van der Waals surface area contributed by atoms with E-state index in [9.17, 15) is 0 Å². The van der Waals surface area contributed by atoms with Crippen LogP contribution in [-0.4, -0.2) is 0 Å². The normalized spacial score (nSPS) is 16.2. The minimum absolute atomic E-state index is 0.407. The smallest absolute Gasteiger partial charge is 0.0281 e. The molecule has 1 aliphatic carbocycles. The van der Waals surface area contributed by atoms with E-state index >= 15 is 0 Å². The Morgan fingerprint density at radius 1 is 1.05 bits per heavy atom. The first kappa shape index (κ1) is 14.6. The highest BCUT2D eigenvalue weighted by atomic mass is 79.9. The van der Waals surface area contributed by atoms with Gasteiger partial charge in [-0.1, -0.05) is 61.9 Å². The summed E-state index contributed by atoms with van der Waals surface area (Å²) < 4.78 is 1.24. The topological polar surface area (TPSA) is 0 Å². The van der Waals surface area contributed by atoms with E-state index in [-0.39, 0.29) is 0 Å². The maximum atomic E-state index is 3.74. The first-order valence-corrected chi connectivity index (χ1v) is 8.56. The zero-order valence-corrected chi connectivity index (χ0v) is 14.3. The van der Waals surface area contributed by atoms with Gasteiger partial charge in [-0.15, -0.1) is 0 Å². The van der Waals surface area contributed by atoms with Gasteiger partial charge in [0.1, 0.15) is 0 Å². The maximum Gasteiger partial charge on any atom is 0.0281 e. The van der Waals surface area contributed by atoms with Crippen LogP contribution in [0.4, 0.5) is 0 Å². The van der Waals surface area contributed by atoms with Gasteiger partial charge >= 0.3 is 0 Å². The number of unbranched alkanes of at least 4 members (excludes halogenated alkanes) is 1. The minimum Gasteiger partial charge on any atom is -0.0720 e. The zero-order valence-electron chi connectivity index (χ0n) is 12.7. The molecule has 2 aromatic carbocycles. The van der Waals surface area contributed by atoms with E-state index in [0.29, 0.717) is 5.92 Å². The first-order valence-electron chi connectivity index (χ1n) is 7.77. The Bertz CT molecular complexity index is 682. The van der Waals surface area contributed by atoms with Crippen molar-refractivity contribution in [1.29, 1.82) is 0 Å². The van der Waals surface area contributed by atoms with E-state index in [1.807, 2.05) is 0 Å². The van der Waals surface area contributed by atoms with Crippen molar-refractivity contribution in [2.45, 2.75) is 39.0 Å². The highest BCUT2D eigenvalue weighted by Gasteiger charge is 2.23. The zero-order chi connectivity index (χ0) is 14.8. The lowest BCUT2D eigenvalue weighted by Gasteiger charge is -2.17. The second kappa shape index (κ2) is 6.19. The third-order valence-electron chi connectivity index (χ3n) is 4.39. The fraction of sp³-hybridized carbons (Fsp3) is 0.300. The number of halogens is 1.